The highest BCUT2D eigenvalue weighted by Crippen LogP contribution is 2.25. The van der Waals surface area contributed by atoms with Crippen molar-refractivity contribution in [3.8, 4) is 11.5 Å². The van der Waals surface area contributed by atoms with E-state index in [1.54, 1.807) is 7.11 Å². The van der Waals surface area contributed by atoms with Gasteiger partial charge in [-0.3, -0.25) is 4.79 Å². The molecule has 2 rings (SSSR count). The van der Waals surface area contributed by atoms with Crippen LogP contribution in [0.25, 0.3) is 0 Å². The Morgan fingerprint density at radius 3 is 2.52 bits per heavy atom. The average molecular weight is 341 g/mol. The summed E-state index contributed by atoms with van der Waals surface area (Å²) in [7, 11) is 1.63. The molecule has 0 bridgehead atoms. The van der Waals surface area contributed by atoms with Crippen LogP contribution < -0.4 is 14.8 Å². The number of aryl methyl sites for hydroxylation is 2. The van der Waals surface area contributed by atoms with Crippen LogP contribution in [-0.2, 0) is 4.79 Å². The lowest BCUT2D eigenvalue weighted by Gasteiger charge is -2.22. The van der Waals surface area contributed by atoms with E-state index < -0.39 is 6.10 Å². The molecule has 0 aliphatic rings. The number of hydrogen-bond acceptors (Lipinski definition) is 3. The highest BCUT2D eigenvalue weighted by molar-refractivity contribution is 5.81. The molecule has 0 aliphatic carbocycles. The molecule has 0 spiro atoms. The number of methoxy groups -OCH3 is 1. The van der Waals surface area contributed by atoms with Crippen LogP contribution in [0.3, 0.4) is 0 Å². The third-order valence-corrected chi connectivity index (χ3v) is 4.24. The van der Waals surface area contributed by atoms with Gasteiger partial charge >= 0.3 is 0 Å². The molecule has 0 saturated heterocycles. The van der Waals surface area contributed by atoms with Gasteiger partial charge in [-0.2, -0.15) is 0 Å². The number of benzene rings is 2. The minimum Gasteiger partial charge on any atom is -0.496 e. The van der Waals surface area contributed by atoms with Gasteiger partial charge < -0.3 is 14.8 Å². The lowest BCUT2D eigenvalue weighted by atomic mass is 10.1. The normalized spacial score (nSPS) is 13.0. The molecule has 1 N–H and O–H groups in total. The van der Waals surface area contributed by atoms with Gasteiger partial charge in [0.2, 0.25) is 0 Å². The molecule has 134 valence electrons. The summed E-state index contributed by atoms with van der Waals surface area (Å²) in [5.74, 6) is 1.40. The zero-order chi connectivity index (χ0) is 18.4. The van der Waals surface area contributed by atoms with Crippen molar-refractivity contribution in [1.29, 1.82) is 0 Å². The molecule has 2 aromatic carbocycles. The van der Waals surface area contributed by atoms with Crippen LogP contribution in [0.15, 0.2) is 42.5 Å². The number of carbonyl (C=O) groups excluding carboxylic acids is 1. The van der Waals surface area contributed by atoms with Gasteiger partial charge in [0.05, 0.1) is 13.2 Å². The topological polar surface area (TPSA) is 47.6 Å². The van der Waals surface area contributed by atoms with Gasteiger partial charge in [-0.1, -0.05) is 37.3 Å². The second-order valence-corrected chi connectivity index (χ2v) is 6.26. The minimum atomic E-state index is -0.530. The summed E-state index contributed by atoms with van der Waals surface area (Å²) in [6.45, 7) is 7.89. The summed E-state index contributed by atoms with van der Waals surface area (Å²) in [5, 5.41) is 3.03. The molecule has 2 atom stereocenters. The zero-order valence-corrected chi connectivity index (χ0v) is 15.6. The highest BCUT2D eigenvalue weighted by Gasteiger charge is 2.22. The Balaban J connectivity index is 2.10. The van der Waals surface area contributed by atoms with Gasteiger partial charge in [-0.15, -0.1) is 0 Å². The molecule has 2 aromatic rings. The lowest BCUT2D eigenvalue weighted by Crippen LogP contribution is -2.39. The number of amides is 1. The fourth-order valence-corrected chi connectivity index (χ4v) is 2.72. The number of para-hydroxylation sites is 1. The van der Waals surface area contributed by atoms with E-state index in [0.29, 0.717) is 6.42 Å². The first-order valence-corrected chi connectivity index (χ1v) is 8.63. The molecule has 0 aliphatic heterocycles. The molecular weight excluding hydrogens is 314 g/mol. The predicted molar refractivity (Wildman–Crippen MR) is 100 cm³/mol. The van der Waals surface area contributed by atoms with Crippen molar-refractivity contribution in [3.63, 3.8) is 0 Å². The molecule has 25 heavy (non-hydrogen) atoms. The summed E-state index contributed by atoms with van der Waals surface area (Å²) >= 11 is 0. The number of rotatable bonds is 7. The van der Waals surface area contributed by atoms with E-state index in [2.05, 4.69) is 5.32 Å². The van der Waals surface area contributed by atoms with Crippen molar-refractivity contribution >= 4 is 5.91 Å². The highest BCUT2D eigenvalue weighted by atomic mass is 16.5. The maximum Gasteiger partial charge on any atom is 0.261 e. The van der Waals surface area contributed by atoms with Crippen LogP contribution in [0.1, 0.15) is 43.0 Å². The minimum absolute atomic E-state index is 0.123. The molecule has 4 nitrogen and oxygen atoms in total. The number of nitrogens with one attached hydrogen (secondary N) is 1. The van der Waals surface area contributed by atoms with E-state index in [9.17, 15) is 4.79 Å². The summed E-state index contributed by atoms with van der Waals surface area (Å²) in [4.78, 5) is 12.7. The van der Waals surface area contributed by atoms with Crippen LogP contribution in [0, 0.1) is 13.8 Å². The quantitative estimate of drug-likeness (QED) is 0.814. The first-order chi connectivity index (χ1) is 12.0. The molecule has 0 saturated carbocycles. The molecule has 0 heterocycles. The van der Waals surface area contributed by atoms with Gasteiger partial charge in [0, 0.05) is 5.56 Å². The summed E-state index contributed by atoms with van der Waals surface area (Å²) in [6.07, 6.45) is 0.0652. The molecule has 4 heteroatoms. The van der Waals surface area contributed by atoms with E-state index in [0.717, 1.165) is 28.2 Å². The van der Waals surface area contributed by atoms with Gasteiger partial charge in [0.15, 0.2) is 6.10 Å². The largest absolute Gasteiger partial charge is 0.496 e. The standard InChI is InChI=1S/C21H27NO3/c1-6-18(25-20-13-14(2)11-12-15(20)3)21(23)22-16(4)17-9-7-8-10-19(17)24-5/h7-13,16,18H,6H2,1-5H3,(H,22,23). The second kappa shape index (κ2) is 8.56. The Morgan fingerprint density at radius 2 is 1.84 bits per heavy atom. The fraction of sp³-hybridized carbons (Fsp3) is 0.381. The van der Waals surface area contributed by atoms with E-state index in [4.69, 9.17) is 9.47 Å². The zero-order valence-electron chi connectivity index (χ0n) is 15.6. The van der Waals surface area contributed by atoms with E-state index in [1.807, 2.05) is 70.2 Å². The van der Waals surface area contributed by atoms with Crippen LogP contribution >= 0.6 is 0 Å². The Labute approximate surface area is 150 Å². The first kappa shape index (κ1) is 18.8. The molecule has 2 unspecified atom stereocenters. The third kappa shape index (κ3) is 4.75. The van der Waals surface area contributed by atoms with Crippen LogP contribution in [0.5, 0.6) is 11.5 Å². The summed E-state index contributed by atoms with van der Waals surface area (Å²) < 4.78 is 11.4. The Morgan fingerprint density at radius 1 is 1.12 bits per heavy atom. The van der Waals surface area contributed by atoms with E-state index in [-0.39, 0.29) is 11.9 Å². The number of carbonyl (C=O) groups is 1. The summed E-state index contributed by atoms with van der Waals surface area (Å²) in [6, 6.07) is 13.5. The maximum atomic E-state index is 12.7. The van der Waals surface area contributed by atoms with Gasteiger partial charge in [0.1, 0.15) is 11.5 Å². The van der Waals surface area contributed by atoms with Crippen LogP contribution in [0.4, 0.5) is 0 Å². The lowest BCUT2D eigenvalue weighted by molar-refractivity contribution is -0.128. The van der Waals surface area contributed by atoms with Crippen molar-refractivity contribution < 1.29 is 14.3 Å². The molecule has 0 fully saturated rings. The van der Waals surface area contributed by atoms with Crippen molar-refractivity contribution in [2.75, 3.05) is 7.11 Å². The SMILES string of the molecule is CCC(Oc1cc(C)ccc1C)C(=O)NC(C)c1ccccc1OC. The van der Waals surface area contributed by atoms with Crippen LogP contribution in [0.2, 0.25) is 0 Å². The van der Waals surface area contributed by atoms with Crippen molar-refractivity contribution in [1.82, 2.24) is 5.32 Å². The molecule has 1 amide bonds. The molecule has 0 radical (unpaired) electrons. The average Bonchev–Trinajstić information content (AvgIpc) is 2.62. The summed E-state index contributed by atoms with van der Waals surface area (Å²) in [5.41, 5.74) is 3.08. The number of hydrogen-bond donors (Lipinski definition) is 1. The van der Waals surface area contributed by atoms with Crippen LogP contribution in [-0.4, -0.2) is 19.1 Å². The second-order valence-electron chi connectivity index (χ2n) is 6.26. The van der Waals surface area contributed by atoms with Crippen molar-refractivity contribution in [2.24, 2.45) is 0 Å². The fourth-order valence-electron chi connectivity index (χ4n) is 2.72. The predicted octanol–water partition coefficient (Wildman–Crippen LogP) is 4.35. The number of ether oxygens (including phenoxy) is 2. The first-order valence-electron chi connectivity index (χ1n) is 8.63. The Kier molecular flexibility index (Phi) is 6.45. The smallest absolute Gasteiger partial charge is 0.261 e. The van der Waals surface area contributed by atoms with E-state index in [1.165, 1.54) is 0 Å². The molecule has 0 aromatic heterocycles. The van der Waals surface area contributed by atoms with Crippen molar-refractivity contribution in [3.05, 3.63) is 59.2 Å². The molecular formula is C21H27NO3. The van der Waals surface area contributed by atoms with Gasteiger partial charge in [-0.05, 0) is 50.5 Å². The monoisotopic (exact) mass is 341 g/mol. The van der Waals surface area contributed by atoms with Gasteiger partial charge in [0.25, 0.3) is 5.91 Å². The maximum absolute atomic E-state index is 12.7. The van der Waals surface area contributed by atoms with Crippen molar-refractivity contribution in [2.45, 2.75) is 46.3 Å². The Bertz CT molecular complexity index is 727. The third-order valence-electron chi connectivity index (χ3n) is 4.24. The van der Waals surface area contributed by atoms with E-state index >= 15 is 0 Å². The Hall–Kier alpha value is -2.49. The van der Waals surface area contributed by atoms with Gasteiger partial charge in [-0.25, -0.2) is 0 Å².